The summed E-state index contributed by atoms with van der Waals surface area (Å²) in [6.07, 6.45) is 0.832. The molecule has 2 unspecified atom stereocenters. The minimum Gasteiger partial charge on any atom is -0.341 e. The normalized spacial score (nSPS) is 19.8. The van der Waals surface area contributed by atoms with Gasteiger partial charge in [-0.1, -0.05) is 18.2 Å². The van der Waals surface area contributed by atoms with Crippen molar-refractivity contribution in [3.63, 3.8) is 0 Å². The first-order valence-corrected chi connectivity index (χ1v) is 7.12. The number of alkyl halides is 1. The first kappa shape index (κ1) is 12.8. The van der Waals surface area contributed by atoms with Gasteiger partial charge in [-0.3, -0.25) is 4.79 Å². The van der Waals surface area contributed by atoms with E-state index in [1.54, 1.807) is 16.7 Å². The van der Waals surface area contributed by atoms with Gasteiger partial charge in [0.1, 0.15) is 0 Å². The van der Waals surface area contributed by atoms with Crippen LogP contribution in [0.2, 0.25) is 0 Å². The fourth-order valence-electron chi connectivity index (χ4n) is 1.87. The predicted octanol–water partition coefficient (Wildman–Crippen LogP) is 2.79. The number of rotatable bonds is 3. The Kier molecular flexibility index (Phi) is 4.00. The van der Waals surface area contributed by atoms with Gasteiger partial charge in [-0.25, -0.2) is 0 Å². The SMILES string of the molecule is CC(CCl)N(C)C(=O)C1Cc2ccccc2S1. The van der Waals surface area contributed by atoms with E-state index in [-0.39, 0.29) is 17.2 Å². The number of halogens is 1. The van der Waals surface area contributed by atoms with Crippen molar-refractivity contribution in [1.29, 1.82) is 0 Å². The molecule has 1 aliphatic heterocycles. The molecule has 0 spiro atoms. The molecule has 0 saturated heterocycles. The first-order chi connectivity index (χ1) is 8.13. The fraction of sp³-hybridized carbons (Fsp3) is 0.462. The molecule has 0 N–H and O–H groups in total. The van der Waals surface area contributed by atoms with Crippen molar-refractivity contribution in [3.05, 3.63) is 29.8 Å². The molecule has 1 heterocycles. The van der Waals surface area contributed by atoms with Crippen molar-refractivity contribution in [1.82, 2.24) is 4.90 Å². The predicted molar refractivity (Wildman–Crippen MR) is 72.7 cm³/mol. The lowest BCUT2D eigenvalue weighted by Gasteiger charge is -2.25. The van der Waals surface area contributed by atoms with Gasteiger partial charge in [0.15, 0.2) is 0 Å². The van der Waals surface area contributed by atoms with Crippen LogP contribution in [0.25, 0.3) is 0 Å². The molecule has 0 aliphatic carbocycles. The summed E-state index contributed by atoms with van der Waals surface area (Å²) in [6, 6.07) is 8.31. The smallest absolute Gasteiger partial charge is 0.236 e. The monoisotopic (exact) mass is 269 g/mol. The molecular formula is C13H16ClNOS. The summed E-state index contributed by atoms with van der Waals surface area (Å²) in [4.78, 5) is 15.3. The summed E-state index contributed by atoms with van der Waals surface area (Å²) >= 11 is 7.45. The lowest BCUT2D eigenvalue weighted by atomic mass is 10.1. The van der Waals surface area contributed by atoms with Crippen LogP contribution in [-0.4, -0.2) is 35.0 Å². The fourth-order valence-corrected chi connectivity index (χ4v) is 3.37. The maximum absolute atomic E-state index is 12.3. The molecule has 1 amide bonds. The van der Waals surface area contributed by atoms with E-state index in [1.807, 2.05) is 26.1 Å². The number of hydrogen-bond acceptors (Lipinski definition) is 2. The molecule has 0 fully saturated rings. The summed E-state index contributed by atoms with van der Waals surface area (Å²) in [5.41, 5.74) is 1.28. The maximum Gasteiger partial charge on any atom is 0.236 e. The number of hydrogen-bond donors (Lipinski definition) is 0. The highest BCUT2D eigenvalue weighted by Gasteiger charge is 2.31. The van der Waals surface area contributed by atoms with Gasteiger partial charge in [0.2, 0.25) is 5.91 Å². The second-order valence-corrected chi connectivity index (χ2v) is 5.92. The Morgan fingerprint density at radius 3 is 2.94 bits per heavy atom. The number of thioether (sulfide) groups is 1. The zero-order chi connectivity index (χ0) is 12.4. The number of fused-ring (bicyclic) bond motifs is 1. The van der Waals surface area contributed by atoms with Crippen molar-refractivity contribution in [2.75, 3.05) is 12.9 Å². The highest BCUT2D eigenvalue weighted by atomic mass is 35.5. The van der Waals surface area contributed by atoms with Gasteiger partial charge in [0.05, 0.1) is 5.25 Å². The van der Waals surface area contributed by atoms with Crippen LogP contribution in [0.1, 0.15) is 12.5 Å². The Morgan fingerprint density at radius 1 is 1.59 bits per heavy atom. The average Bonchev–Trinajstić information content (AvgIpc) is 2.79. The van der Waals surface area contributed by atoms with E-state index >= 15 is 0 Å². The van der Waals surface area contributed by atoms with Crippen molar-refractivity contribution in [2.24, 2.45) is 0 Å². The summed E-state index contributed by atoms with van der Waals surface area (Å²) in [5.74, 6) is 0.659. The van der Waals surface area contributed by atoms with Crippen LogP contribution in [0.3, 0.4) is 0 Å². The van der Waals surface area contributed by atoms with E-state index in [4.69, 9.17) is 11.6 Å². The van der Waals surface area contributed by atoms with E-state index in [9.17, 15) is 4.79 Å². The zero-order valence-corrected chi connectivity index (χ0v) is 11.6. The van der Waals surface area contributed by atoms with Crippen LogP contribution in [0.4, 0.5) is 0 Å². The Balaban J connectivity index is 2.05. The lowest BCUT2D eigenvalue weighted by molar-refractivity contribution is -0.130. The highest BCUT2D eigenvalue weighted by Crippen LogP contribution is 2.37. The molecule has 92 valence electrons. The van der Waals surface area contributed by atoms with E-state index in [2.05, 4.69) is 12.1 Å². The molecule has 1 aromatic rings. The molecule has 0 radical (unpaired) electrons. The van der Waals surface area contributed by atoms with Crippen molar-refractivity contribution in [3.8, 4) is 0 Å². The van der Waals surface area contributed by atoms with Crippen molar-refractivity contribution < 1.29 is 4.79 Å². The summed E-state index contributed by atoms with van der Waals surface area (Å²) in [6.45, 7) is 1.97. The summed E-state index contributed by atoms with van der Waals surface area (Å²) < 4.78 is 0. The van der Waals surface area contributed by atoms with Gasteiger partial charge >= 0.3 is 0 Å². The number of carbonyl (C=O) groups is 1. The molecule has 0 aromatic heterocycles. The lowest BCUT2D eigenvalue weighted by Crippen LogP contribution is -2.41. The number of nitrogens with zero attached hydrogens (tertiary/aromatic N) is 1. The largest absolute Gasteiger partial charge is 0.341 e. The van der Waals surface area contributed by atoms with Gasteiger partial charge in [-0.15, -0.1) is 23.4 Å². The molecule has 4 heteroatoms. The third-order valence-corrected chi connectivity index (χ3v) is 4.91. The van der Waals surface area contributed by atoms with Gasteiger partial charge in [-0.05, 0) is 25.0 Å². The molecule has 2 atom stereocenters. The first-order valence-electron chi connectivity index (χ1n) is 5.70. The summed E-state index contributed by atoms with van der Waals surface area (Å²) in [7, 11) is 1.83. The van der Waals surface area contributed by atoms with Crippen LogP contribution >= 0.6 is 23.4 Å². The van der Waals surface area contributed by atoms with E-state index in [1.165, 1.54) is 10.5 Å². The second kappa shape index (κ2) is 5.32. The molecule has 17 heavy (non-hydrogen) atoms. The maximum atomic E-state index is 12.3. The number of amides is 1. The average molecular weight is 270 g/mol. The third-order valence-electron chi connectivity index (χ3n) is 3.15. The van der Waals surface area contributed by atoms with Crippen LogP contribution < -0.4 is 0 Å². The Bertz CT molecular complexity index is 399. The van der Waals surface area contributed by atoms with Gasteiger partial charge in [-0.2, -0.15) is 0 Å². The molecule has 1 aromatic carbocycles. The van der Waals surface area contributed by atoms with Crippen LogP contribution in [0.5, 0.6) is 0 Å². The van der Waals surface area contributed by atoms with E-state index in [0.29, 0.717) is 5.88 Å². The standard InChI is InChI=1S/C13H16ClNOS/c1-9(8-14)15(2)13(16)12-7-10-5-3-4-6-11(10)17-12/h3-6,9,12H,7-8H2,1-2H3. The number of benzene rings is 1. The Morgan fingerprint density at radius 2 is 2.29 bits per heavy atom. The molecule has 0 bridgehead atoms. The quantitative estimate of drug-likeness (QED) is 0.787. The van der Waals surface area contributed by atoms with Crippen molar-refractivity contribution in [2.45, 2.75) is 29.5 Å². The highest BCUT2D eigenvalue weighted by molar-refractivity contribution is 8.01. The zero-order valence-electron chi connectivity index (χ0n) is 10.0. The molecule has 0 saturated carbocycles. The second-order valence-electron chi connectivity index (χ2n) is 4.37. The topological polar surface area (TPSA) is 20.3 Å². The molecule has 2 rings (SSSR count). The molecule has 2 nitrogen and oxygen atoms in total. The van der Waals surface area contributed by atoms with Gasteiger partial charge < -0.3 is 4.90 Å². The minimum atomic E-state index is 0.0167. The van der Waals surface area contributed by atoms with E-state index < -0.39 is 0 Å². The minimum absolute atomic E-state index is 0.0167. The van der Waals surface area contributed by atoms with Crippen molar-refractivity contribution >= 4 is 29.3 Å². The number of carbonyl (C=O) groups excluding carboxylic acids is 1. The van der Waals surface area contributed by atoms with Gasteiger partial charge in [0, 0.05) is 23.9 Å². The van der Waals surface area contributed by atoms with Crippen LogP contribution in [0.15, 0.2) is 29.2 Å². The Hall–Kier alpha value is -0.670. The van der Waals surface area contributed by atoms with Crippen LogP contribution in [0, 0.1) is 0 Å². The van der Waals surface area contributed by atoms with Crippen LogP contribution in [-0.2, 0) is 11.2 Å². The third kappa shape index (κ3) is 2.61. The molecule has 1 aliphatic rings. The molecular weight excluding hydrogens is 254 g/mol. The summed E-state index contributed by atoms with van der Waals surface area (Å²) in [5, 5.41) is 0.0167. The Labute approximate surface area is 111 Å². The van der Waals surface area contributed by atoms with Gasteiger partial charge in [0.25, 0.3) is 0 Å². The van der Waals surface area contributed by atoms with E-state index in [0.717, 1.165) is 6.42 Å².